The normalized spacial score (nSPS) is 16.4. The van der Waals surface area contributed by atoms with Gasteiger partial charge in [0.15, 0.2) is 0 Å². The van der Waals surface area contributed by atoms with Crippen LogP contribution in [0.25, 0.3) is 99.8 Å². The van der Waals surface area contributed by atoms with Gasteiger partial charge < -0.3 is 61.5 Å². The fraction of sp³-hybridized carbons (Fsp3) is 0.288. The number of H-pyrrole nitrogens is 1. The highest BCUT2D eigenvalue weighted by molar-refractivity contribution is 6.32. The van der Waals surface area contributed by atoms with Crippen molar-refractivity contribution in [3.05, 3.63) is 326 Å². The molecule has 135 heavy (non-hydrogen) atoms. The highest BCUT2D eigenvalue weighted by Crippen LogP contribution is 2.42. The summed E-state index contributed by atoms with van der Waals surface area (Å²) in [4.78, 5) is 47.2. The summed E-state index contributed by atoms with van der Waals surface area (Å²) in [7, 11) is 1.63. The summed E-state index contributed by atoms with van der Waals surface area (Å²) in [5, 5.41) is 18.7. The summed E-state index contributed by atoms with van der Waals surface area (Å²) in [6.07, 6.45) is 37.8. The highest BCUT2D eigenvalue weighted by Gasteiger charge is 2.30. The molecule has 0 saturated carbocycles. The van der Waals surface area contributed by atoms with Crippen molar-refractivity contribution in [2.24, 2.45) is 0 Å². The number of aryl methyl sites for hydroxylation is 1. The third-order valence-electron chi connectivity index (χ3n) is 25.5. The lowest BCUT2D eigenvalue weighted by Gasteiger charge is -2.28. The van der Waals surface area contributed by atoms with Gasteiger partial charge in [-0.2, -0.15) is 10.2 Å². The van der Waals surface area contributed by atoms with E-state index in [0.717, 1.165) is 224 Å². The number of rotatable bonds is 13. The van der Waals surface area contributed by atoms with Crippen molar-refractivity contribution in [3.63, 3.8) is 0 Å². The average molecular weight is 1910 g/mol. The van der Waals surface area contributed by atoms with Gasteiger partial charge in [0.2, 0.25) is 11.4 Å². The van der Waals surface area contributed by atoms with Crippen LogP contribution in [0.15, 0.2) is 262 Å². The molecule has 6 aliphatic rings. The van der Waals surface area contributed by atoms with Crippen LogP contribution in [-0.4, -0.2) is 177 Å². The third kappa shape index (κ3) is 21.1. The monoisotopic (exact) mass is 1910 g/mol. The molecule has 19 heterocycles. The van der Waals surface area contributed by atoms with E-state index in [1.54, 1.807) is 48.7 Å². The number of methoxy groups -OCH3 is 1. The largest absolute Gasteiger partial charge is 0.481 e. The lowest BCUT2D eigenvalue weighted by atomic mass is 9.92. The number of aromatic amines is 1. The molecule has 24 rings (SSSR count). The minimum absolute atomic E-state index is 0.165. The van der Waals surface area contributed by atoms with Gasteiger partial charge in [0.25, 0.3) is 0 Å². The number of anilines is 1. The number of halogens is 5. The molecule has 5 aromatic carbocycles. The van der Waals surface area contributed by atoms with Crippen LogP contribution in [0.5, 0.6) is 5.88 Å². The van der Waals surface area contributed by atoms with Gasteiger partial charge in [-0.15, -0.1) is 0 Å². The van der Waals surface area contributed by atoms with Crippen molar-refractivity contribution in [3.8, 4) is 40.1 Å². The summed E-state index contributed by atoms with van der Waals surface area (Å²) < 4.78 is 56.0. The van der Waals surface area contributed by atoms with Gasteiger partial charge in [0, 0.05) is 210 Å². The number of ether oxygens (including phenoxy) is 8. The molecule has 0 amide bonds. The molecule has 1 N–H and O–H groups in total. The molecule has 31 heteroatoms. The number of hydrogen-bond acceptors (Lipinski definition) is 19. The van der Waals surface area contributed by atoms with Crippen LogP contribution in [0.1, 0.15) is 121 Å². The number of benzene rings is 5. The number of aromatic nitrogens is 16. The number of pyridine rings is 6. The van der Waals surface area contributed by atoms with Crippen molar-refractivity contribution >= 4 is 129 Å². The third-order valence-corrected chi connectivity index (χ3v) is 26.7. The summed E-state index contributed by atoms with van der Waals surface area (Å²) in [6, 6.07) is 53.1. The Hall–Kier alpha value is -12.3. The predicted octanol–water partition coefficient (Wildman–Crippen LogP) is 22.5. The first-order chi connectivity index (χ1) is 66.3. The van der Waals surface area contributed by atoms with Gasteiger partial charge in [-0.25, -0.2) is 29.3 Å². The van der Waals surface area contributed by atoms with Crippen molar-refractivity contribution in [1.82, 2.24) is 77.7 Å². The summed E-state index contributed by atoms with van der Waals surface area (Å²) in [5.41, 5.74) is 20.7. The quantitative estimate of drug-likeness (QED) is 0.112. The molecule has 13 aromatic heterocycles. The molecular weight excluding hydrogens is 1810 g/mol. The summed E-state index contributed by atoms with van der Waals surface area (Å²) in [6.45, 7) is 13.0. The minimum Gasteiger partial charge on any atom is -0.481 e. The fourth-order valence-corrected chi connectivity index (χ4v) is 19.1. The first kappa shape index (κ1) is 91.8. The lowest BCUT2D eigenvalue weighted by Crippen LogP contribution is -2.36. The molecule has 1 unspecified atom stereocenters. The molecule has 1 atom stereocenters. The number of fused-ring (bicyclic) bond motifs is 6. The van der Waals surface area contributed by atoms with E-state index in [2.05, 4.69) is 142 Å². The SMILES string of the molecule is COc1cc2c(C3CCOCC3)nn(-c3ccc(Cl)cc3)c2cn1.Cc1ccc(-n2cc(C3CCOCC3)c3ccncc32)cc1.Clc1ccc(-n2cc(C3CCOCC3)c3ccncc32)nc1.Clc1ccc(-n2cc(C3CCOCC3)c3ncncc32)cc1.Clc1ccc(-n2cc(N3CCOCC3)c3ccncc32)cc1.O=c1cc2c(C3CCOCO3)nn(-c3ccc(Cl)cc3)c2c[nH]1. The first-order valence-electron chi connectivity index (χ1n) is 45.6. The zero-order chi connectivity index (χ0) is 92.1. The first-order valence-corrected chi connectivity index (χ1v) is 47.4. The average Bonchev–Trinajstić information content (AvgIpc) is 1.54. The predicted molar refractivity (Wildman–Crippen MR) is 530 cm³/mol. The topological polar surface area (TPSA) is 256 Å². The van der Waals surface area contributed by atoms with Crippen molar-refractivity contribution in [2.75, 3.05) is 105 Å². The van der Waals surface area contributed by atoms with Gasteiger partial charge >= 0.3 is 0 Å². The maximum Gasteiger partial charge on any atom is 0.248 e. The Morgan fingerprint density at radius 1 is 0.378 bits per heavy atom. The molecule has 0 spiro atoms. The number of hydrogen-bond donors (Lipinski definition) is 1. The van der Waals surface area contributed by atoms with Gasteiger partial charge in [-0.1, -0.05) is 75.7 Å². The van der Waals surface area contributed by atoms with E-state index in [9.17, 15) is 4.79 Å². The lowest BCUT2D eigenvalue weighted by molar-refractivity contribution is -0.141. The zero-order valence-corrected chi connectivity index (χ0v) is 78.4. The fourth-order valence-electron chi connectivity index (χ4n) is 18.5. The zero-order valence-electron chi connectivity index (χ0n) is 74.6. The van der Waals surface area contributed by atoms with Crippen molar-refractivity contribution < 1.29 is 37.9 Å². The number of morpholine rings is 1. The van der Waals surface area contributed by atoms with Crippen molar-refractivity contribution in [1.29, 1.82) is 0 Å². The van der Waals surface area contributed by atoms with Crippen LogP contribution in [0.4, 0.5) is 5.69 Å². The minimum atomic E-state index is -0.179. The Morgan fingerprint density at radius 2 is 0.822 bits per heavy atom. The molecule has 6 aliphatic heterocycles. The van der Waals surface area contributed by atoms with E-state index in [1.165, 1.54) is 55.3 Å². The Kier molecular flexibility index (Phi) is 29.4. The maximum absolute atomic E-state index is 11.7. The Labute approximate surface area is 804 Å². The van der Waals surface area contributed by atoms with Gasteiger partial charge in [0.05, 0.1) is 124 Å². The maximum atomic E-state index is 11.7. The second kappa shape index (κ2) is 43.2. The van der Waals surface area contributed by atoms with Gasteiger partial charge in [-0.3, -0.25) is 24.3 Å². The van der Waals surface area contributed by atoms with Crippen LogP contribution in [0, 0.1) is 6.92 Å². The second-order valence-electron chi connectivity index (χ2n) is 33.8. The summed E-state index contributed by atoms with van der Waals surface area (Å²) in [5.74, 6) is 3.48. The molecule has 6 fully saturated rings. The highest BCUT2D eigenvalue weighted by atomic mass is 35.5. The Balaban J connectivity index is 0.000000104. The molecule has 0 bridgehead atoms. The Morgan fingerprint density at radius 3 is 1.36 bits per heavy atom. The van der Waals surface area contributed by atoms with E-state index in [1.807, 2.05) is 157 Å². The van der Waals surface area contributed by atoms with Gasteiger partial charge in [-0.05, 0) is 232 Å². The molecule has 0 aliphatic carbocycles. The molecule has 18 aromatic rings. The van der Waals surface area contributed by atoms with E-state index >= 15 is 0 Å². The van der Waals surface area contributed by atoms with Crippen LogP contribution < -0.4 is 15.2 Å². The van der Waals surface area contributed by atoms with E-state index in [4.69, 9.17) is 101 Å². The number of nitrogens with one attached hydrogen (secondary N) is 1. The van der Waals surface area contributed by atoms with Crippen molar-refractivity contribution in [2.45, 2.75) is 94.5 Å². The van der Waals surface area contributed by atoms with Crippen LogP contribution in [0.2, 0.25) is 25.1 Å². The van der Waals surface area contributed by atoms with E-state index in [-0.39, 0.29) is 18.5 Å². The molecule has 6 saturated heterocycles. The number of nitrogens with zero attached hydrogens (tertiary/aromatic N) is 16. The van der Waals surface area contributed by atoms with Gasteiger partial charge in [0.1, 0.15) is 30.7 Å². The molecular formula is C104H100Cl5N17O9. The standard InChI is InChI=1S/C19H20N2O.C18H18ClN3O2.3C17H16ClN3O.C16H14ClN3O3/c1-14-2-4-16(5-3-14)21-13-18(15-7-10-22-11-8-15)17-6-9-20-12-19(17)21;1-23-17-10-15-16(11-20-17)22(14-4-2-13(19)3-5-14)21-18(15)12-6-8-24-9-7-12;18-13-1-3-14(4-2-13)21-10-15(12-5-7-22-8-6-12)17-16(21)9-19-11-20-17;18-13-1-3-14(4-2-13)21-12-17(20-7-9-22-10-8-20)15-5-6-19-11-16(15)21;18-13-1-2-17(20-9-13)21-11-15(12-4-7-22-8-5-12)14-3-6-19-10-16(14)21;17-10-1-3-11(4-2-10)20-13-8-18-15(21)7-12(13)16(19-20)14-5-6-22-9-23-14/h2-6,9,12-13,15H,7-8,10-11H2,1H3;2-5,10-12H,6-9H2,1H3;1-4,9-12H,5-8H2;1-6,11-12H,7-10H2;1-3,6,9-12H,4-5,7-8H2;1-4,7-8,14H,5-6,9H2,(H,18,21). The van der Waals surface area contributed by atoms with E-state index < -0.39 is 0 Å². The molecule has 690 valence electrons. The van der Waals surface area contributed by atoms with Crippen LogP contribution in [-0.2, 0) is 33.2 Å². The van der Waals surface area contributed by atoms with E-state index in [0.29, 0.717) is 57.6 Å². The van der Waals surface area contributed by atoms with Crippen LogP contribution in [0.3, 0.4) is 0 Å². The summed E-state index contributed by atoms with van der Waals surface area (Å²) >= 11 is 29.9. The second-order valence-corrected chi connectivity index (χ2v) is 36.0. The Bertz CT molecular complexity index is 6550. The van der Waals surface area contributed by atoms with Crippen LogP contribution >= 0.6 is 58.0 Å². The molecule has 26 nitrogen and oxygen atoms in total. The molecule has 0 radical (unpaired) electrons. The smallest absolute Gasteiger partial charge is 0.248 e.